The molecule has 0 atom stereocenters. The van der Waals surface area contributed by atoms with Crippen LogP contribution in [-0.4, -0.2) is 34.6 Å². The van der Waals surface area contributed by atoms with Crippen molar-refractivity contribution >= 4 is 38.4 Å². The summed E-state index contributed by atoms with van der Waals surface area (Å²) in [6.45, 7) is 8.82. The standard InChI is InChI=1S/C21H24N2S.C18H19N3O2S2.CH4/c1-4-5-19-13-18(10-11-22-19)21-23-20(14-24-21)17-8-6-16(7-9-17)12-15(2)3;1-3-4-16-11-14(9-10-19-16)18-20-17(12-24-18)13-5-7-15(8-6-13)21-25(2,22)23;/h6-11,13-15H,4-5,12H2,1-3H3;5-12,21H,3-4H2,1-2H3;1H4. The first-order chi connectivity index (χ1) is 23.6. The summed E-state index contributed by atoms with van der Waals surface area (Å²) >= 11 is 3.29. The molecule has 262 valence electrons. The largest absolute Gasteiger partial charge is 0.284 e. The van der Waals surface area contributed by atoms with E-state index in [1.165, 1.54) is 16.7 Å². The highest BCUT2D eigenvalue weighted by atomic mass is 32.2. The highest BCUT2D eigenvalue weighted by molar-refractivity contribution is 7.92. The second-order valence-corrected chi connectivity index (χ2v) is 15.9. The van der Waals surface area contributed by atoms with Crippen LogP contribution in [0, 0.1) is 5.92 Å². The van der Waals surface area contributed by atoms with Gasteiger partial charge in [-0.25, -0.2) is 18.4 Å². The number of hydrogen-bond donors (Lipinski definition) is 1. The molecule has 0 amide bonds. The second-order valence-electron chi connectivity index (χ2n) is 12.4. The van der Waals surface area contributed by atoms with Gasteiger partial charge in [0.2, 0.25) is 10.0 Å². The molecular formula is C40H47N5O2S3. The Morgan fingerprint density at radius 2 is 1.14 bits per heavy atom. The average molecular weight is 726 g/mol. The molecule has 4 aromatic heterocycles. The molecular weight excluding hydrogens is 679 g/mol. The van der Waals surface area contributed by atoms with Gasteiger partial charge in [-0.3, -0.25) is 14.7 Å². The molecule has 4 heterocycles. The van der Waals surface area contributed by atoms with E-state index in [4.69, 9.17) is 9.97 Å². The number of anilines is 1. The van der Waals surface area contributed by atoms with Crippen molar-refractivity contribution in [1.82, 2.24) is 19.9 Å². The van der Waals surface area contributed by atoms with E-state index in [2.05, 4.69) is 84.2 Å². The SMILES string of the molecule is C.CCCc1cc(-c2nc(-c3ccc(CC(C)C)cc3)cs2)ccn1.CCCc1cc(-c2nc(-c3ccc(NS(C)(=O)=O)cc3)cs2)ccn1. The molecule has 0 fully saturated rings. The number of rotatable bonds is 12. The summed E-state index contributed by atoms with van der Waals surface area (Å²) in [7, 11) is -3.26. The second kappa shape index (κ2) is 18.1. The number of sulfonamides is 1. The Morgan fingerprint density at radius 1 is 0.680 bits per heavy atom. The number of nitrogens with one attached hydrogen (secondary N) is 1. The first-order valence-corrected chi connectivity index (χ1v) is 20.2. The number of benzene rings is 2. The first kappa shape index (κ1) is 38.6. The molecule has 0 aliphatic carbocycles. The van der Waals surface area contributed by atoms with Gasteiger partial charge in [0.05, 0.1) is 17.6 Å². The Hall–Kier alpha value is -4.25. The predicted octanol–water partition coefficient (Wildman–Crippen LogP) is 10.9. The minimum Gasteiger partial charge on any atom is -0.284 e. The van der Waals surface area contributed by atoms with Crippen molar-refractivity contribution in [2.75, 3.05) is 11.0 Å². The average Bonchev–Trinajstić information content (AvgIpc) is 3.77. The van der Waals surface area contributed by atoms with Crippen LogP contribution in [0.25, 0.3) is 43.7 Å². The lowest BCUT2D eigenvalue weighted by Gasteiger charge is -2.05. The minimum absolute atomic E-state index is 0. The summed E-state index contributed by atoms with van der Waals surface area (Å²) in [6.07, 6.45) is 10.1. The predicted molar refractivity (Wildman–Crippen MR) is 213 cm³/mol. The van der Waals surface area contributed by atoms with E-state index >= 15 is 0 Å². The fourth-order valence-electron chi connectivity index (χ4n) is 5.29. The zero-order valence-corrected chi connectivity index (χ0v) is 31.1. The molecule has 0 saturated heterocycles. The third-order valence-corrected chi connectivity index (χ3v) is 9.91. The van der Waals surface area contributed by atoms with Crippen molar-refractivity contribution in [2.24, 2.45) is 5.92 Å². The molecule has 0 spiro atoms. The fraction of sp³-hybridized carbons (Fsp3) is 0.300. The highest BCUT2D eigenvalue weighted by Crippen LogP contribution is 2.31. The van der Waals surface area contributed by atoms with E-state index in [1.807, 2.05) is 42.0 Å². The van der Waals surface area contributed by atoms with Crippen molar-refractivity contribution in [1.29, 1.82) is 0 Å². The van der Waals surface area contributed by atoms with Gasteiger partial charge in [0, 0.05) is 62.5 Å². The Morgan fingerprint density at radius 3 is 1.56 bits per heavy atom. The molecule has 7 nitrogen and oxygen atoms in total. The molecule has 50 heavy (non-hydrogen) atoms. The normalized spacial score (nSPS) is 11.1. The van der Waals surface area contributed by atoms with Crippen LogP contribution in [0.15, 0.2) is 96.0 Å². The quantitative estimate of drug-likeness (QED) is 0.135. The van der Waals surface area contributed by atoms with Crippen LogP contribution in [0.1, 0.15) is 64.9 Å². The molecule has 0 saturated carbocycles. The molecule has 1 N–H and O–H groups in total. The highest BCUT2D eigenvalue weighted by Gasteiger charge is 2.10. The van der Waals surface area contributed by atoms with Gasteiger partial charge in [-0.1, -0.05) is 84.4 Å². The van der Waals surface area contributed by atoms with Gasteiger partial charge in [-0.05, 0) is 67.1 Å². The number of aromatic nitrogens is 4. The minimum atomic E-state index is -3.26. The summed E-state index contributed by atoms with van der Waals surface area (Å²) in [5.74, 6) is 0.686. The van der Waals surface area contributed by atoms with Gasteiger partial charge in [0.1, 0.15) is 10.0 Å². The zero-order valence-electron chi connectivity index (χ0n) is 28.7. The fourth-order valence-corrected chi connectivity index (χ4v) is 7.51. The van der Waals surface area contributed by atoms with E-state index in [0.29, 0.717) is 11.6 Å². The monoisotopic (exact) mass is 725 g/mol. The van der Waals surface area contributed by atoms with Gasteiger partial charge in [-0.15, -0.1) is 22.7 Å². The topological polar surface area (TPSA) is 97.7 Å². The van der Waals surface area contributed by atoms with Gasteiger partial charge in [0.15, 0.2) is 0 Å². The lowest BCUT2D eigenvalue weighted by Crippen LogP contribution is -2.09. The van der Waals surface area contributed by atoms with Gasteiger partial charge in [-0.2, -0.15) is 0 Å². The maximum atomic E-state index is 11.3. The van der Waals surface area contributed by atoms with E-state index in [9.17, 15) is 8.42 Å². The molecule has 0 aliphatic heterocycles. The van der Waals surface area contributed by atoms with Crippen molar-refractivity contribution in [2.45, 2.75) is 67.2 Å². The van der Waals surface area contributed by atoms with Crippen LogP contribution in [0.3, 0.4) is 0 Å². The Bertz CT molecular complexity index is 2050. The van der Waals surface area contributed by atoms with Crippen molar-refractivity contribution < 1.29 is 8.42 Å². The van der Waals surface area contributed by atoms with Crippen LogP contribution in [0.2, 0.25) is 0 Å². The molecule has 6 aromatic rings. The van der Waals surface area contributed by atoms with E-state index in [0.717, 1.165) is 82.3 Å². The number of hydrogen-bond acceptors (Lipinski definition) is 8. The van der Waals surface area contributed by atoms with Crippen LogP contribution in [0.5, 0.6) is 0 Å². The molecule has 10 heteroatoms. The maximum Gasteiger partial charge on any atom is 0.229 e. The third kappa shape index (κ3) is 11.1. The summed E-state index contributed by atoms with van der Waals surface area (Å²) in [5.41, 5.74) is 10.5. The Labute approximate surface area is 306 Å². The number of aryl methyl sites for hydroxylation is 2. The van der Waals surface area contributed by atoms with Crippen molar-refractivity contribution in [3.8, 4) is 43.7 Å². The molecule has 0 unspecified atom stereocenters. The van der Waals surface area contributed by atoms with Crippen LogP contribution >= 0.6 is 22.7 Å². The molecule has 6 rings (SSSR count). The van der Waals surface area contributed by atoms with Crippen LogP contribution < -0.4 is 4.72 Å². The maximum absolute atomic E-state index is 11.3. The summed E-state index contributed by atoms with van der Waals surface area (Å²) in [5, 5.41) is 6.17. The van der Waals surface area contributed by atoms with Crippen LogP contribution in [-0.2, 0) is 29.3 Å². The van der Waals surface area contributed by atoms with E-state index in [-0.39, 0.29) is 7.43 Å². The van der Waals surface area contributed by atoms with Gasteiger partial charge >= 0.3 is 0 Å². The third-order valence-electron chi connectivity index (χ3n) is 7.53. The van der Waals surface area contributed by atoms with Crippen molar-refractivity contribution in [3.63, 3.8) is 0 Å². The molecule has 0 radical (unpaired) electrons. The number of nitrogens with zero attached hydrogens (tertiary/aromatic N) is 4. The number of thiazole rings is 2. The summed E-state index contributed by atoms with van der Waals surface area (Å²) < 4.78 is 25.0. The Balaban J connectivity index is 0.000000220. The van der Waals surface area contributed by atoms with E-state index < -0.39 is 10.0 Å². The lowest BCUT2D eigenvalue weighted by atomic mass is 10.0. The smallest absolute Gasteiger partial charge is 0.229 e. The van der Waals surface area contributed by atoms with Crippen LogP contribution in [0.4, 0.5) is 5.69 Å². The molecule has 2 aromatic carbocycles. The van der Waals surface area contributed by atoms with Gasteiger partial charge < -0.3 is 0 Å². The Kier molecular flexibility index (Phi) is 14.0. The summed E-state index contributed by atoms with van der Waals surface area (Å²) in [6, 6.07) is 24.3. The van der Waals surface area contributed by atoms with Gasteiger partial charge in [0.25, 0.3) is 0 Å². The molecule has 0 aliphatic rings. The lowest BCUT2D eigenvalue weighted by molar-refractivity contribution is 0.607. The molecule has 0 bridgehead atoms. The zero-order chi connectivity index (χ0) is 34.8. The van der Waals surface area contributed by atoms with E-state index in [1.54, 1.807) is 34.8 Å². The van der Waals surface area contributed by atoms with Crippen molar-refractivity contribution in [3.05, 3.63) is 113 Å². The number of pyridine rings is 2. The summed E-state index contributed by atoms with van der Waals surface area (Å²) in [4.78, 5) is 18.4. The first-order valence-electron chi connectivity index (χ1n) is 16.6.